The van der Waals surface area contributed by atoms with E-state index in [-0.39, 0.29) is 10.7 Å². The van der Waals surface area contributed by atoms with Crippen LogP contribution in [0, 0.1) is 10.1 Å². The number of nitrogens with zero attached hydrogens (tertiary/aromatic N) is 1. The van der Waals surface area contributed by atoms with E-state index in [1.807, 2.05) is 6.92 Å². The van der Waals surface area contributed by atoms with Crippen LogP contribution in [0.3, 0.4) is 0 Å². The number of methoxy groups -OCH3 is 1. The van der Waals surface area contributed by atoms with Crippen molar-refractivity contribution < 1.29 is 14.4 Å². The van der Waals surface area contributed by atoms with Gasteiger partial charge in [-0.15, -0.1) is 0 Å². The first-order valence-electron chi connectivity index (χ1n) is 4.74. The normalized spacial score (nSPS) is 9.94. The maximum atomic E-state index is 10.6. The fraction of sp³-hybridized carbons (Fsp3) is 0.400. The minimum atomic E-state index is -0.524. The Balaban J connectivity index is 3.14. The van der Waals surface area contributed by atoms with Gasteiger partial charge in [-0.3, -0.25) is 10.1 Å². The van der Waals surface area contributed by atoms with E-state index in [1.54, 1.807) is 0 Å². The van der Waals surface area contributed by atoms with Crippen molar-refractivity contribution in [2.24, 2.45) is 0 Å². The molecule has 5 nitrogen and oxygen atoms in total. The molecule has 0 spiro atoms. The summed E-state index contributed by atoms with van der Waals surface area (Å²) in [6.07, 6.45) is 0.795. The number of nitro groups is 1. The van der Waals surface area contributed by atoms with E-state index in [0.717, 1.165) is 6.42 Å². The van der Waals surface area contributed by atoms with Crippen molar-refractivity contribution in [2.45, 2.75) is 13.3 Å². The Morgan fingerprint density at radius 1 is 1.50 bits per heavy atom. The Kier molecular flexibility index (Phi) is 4.37. The van der Waals surface area contributed by atoms with E-state index in [2.05, 4.69) is 0 Å². The number of ether oxygens (including phenoxy) is 2. The van der Waals surface area contributed by atoms with Crippen molar-refractivity contribution in [1.82, 2.24) is 0 Å². The second-order valence-electron chi connectivity index (χ2n) is 3.06. The van der Waals surface area contributed by atoms with Gasteiger partial charge < -0.3 is 9.47 Å². The Labute approximate surface area is 98.1 Å². The summed E-state index contributed by atoms with van der Waals surface area (Å²) in [7, 11) is 1.44. The molecule has 0 radical (unpaired) electrons. The molecule has 0 unspecified atom stereocenters. The molecule has 0 amide bonds. The van der Waals surface area contributed by atoms with Gasteiger partial charge in [-0.1, -0.05) is 18.5 Å². The highest BCUT2D eigenvalue weighted by molar-refractivity contribution is 6.32. The quantitative estimate of drug-likeness (QED) is 0.591. The summed E-state index contributed by atoms with van der Waals surface area (Å²) >= 11 is 5.85. The van der Waals surface area contributed by atoms with E-state index in [1.165, 1.54) is 19.2 Å². The first-order valence-corrected chi connectivity index (χ1v) is 5.12. The Hall–Kier alpha value is -1.49. The fourth-order valence-corrected chi connectivity index (χ4v) is 1.46. The van der Waals surface area contributed by atoms with Crippen LogP contribution in [-0.4, -0.2) is 18.6 Å². The second-order valence-corrected chi connectivity index (χ2v) is 3.47. The SMILES string of the molecule is CCCOc1cc([N+](=O)[O-])cc(Cl)c1OC. The average molecular weight is 246 g/mol. The highest BCUT2D eigenvalue weighted by atomic mass is 35.5. The third-order valence-electron chi connectivity index (χ3n) is 1.87. The summed E-state index contributed by atoms with van der Waals surface area (Å²) in [6.45, 7) is 2.39. The number of rotatable bonds is 5. The van der Waals surface area contributed by atoms with Crippen LogP contribution in [0.2, 0.25) is 5.02 Å². The van der Waals surface area contributed by atoms with Crippen molar-refractivity contribution >= 4 is 17.3 Å². The van der Waals surface area contributed by atoms with Gasteiger partial charge in [0.1, 0.15) is 0 Å². The van der Waals surface area contributed by atoms with Crippen molar-refractivity contribution in [2.75, 3.05) is 13.7 Å². The predicted molar refractivity (Wildman–Crippen MR) is 60.4 cm³/mol. The molecule has 6 heteroatoms. The maximum Gasteiger partial charge on any atom is 0.274 e. The molecule has 0 saturated heterocycles. The number of hydrogen-bond donors (Lipinski definition) is 0. The molecule has 0 bridgehead atoms. The van der Waals surface area contributed by atoms with Crippen LogP contribution >= 0.6 is 11.6 Å². The van der Waals surface area contributed by atoms with Gasteiger partial charge >= 0.3 is 0 Å². The van der Waals surface area contributed by atoms with Gasteiger partial charge in [0.25, 0.3) is 5.69 Å². The summed E-state index contributed by atoms with van der Waals surface area (Å²) < 4.78 is 10.4. The Morgan fingerprint density at radius 2 is 2.19 bits per heavy atom. The third-order valence-corrected chi connectivity index (χ3v) is 2.15. The van der Waals surface area contributed by atoms with Crippen molar-refractivity contribution in [3.05, 3.63) is 27.3 Å². The topological polar surface area (TPSA) is 61.6 Å². The lowest BCUT2D eigenvalue weighted by Gasteiger charge is -2.10. The molecule has 0 saturated carbocycles. The highest BCUT2D eigenvalue weighted by Gasteiger charge is 2.17. The standard InChI is InChI=1S/C10H12ClNO4/c1-3-4-16-9-6-7(12(13)14)5-8(11)10(9)15-2/h5-6H,3-4H2,1-2H3. The van der Waals surface area contributed by atoms with E-state index in [0.29, 0.717) is 18.1 Å². The smallest absolute Gasteiger partial charge is 0.274 e. The summed E-state index contributed by atoms with van der Waals surface area (Å²) in [5.74, 6) is 0.615. The van der Waals surface area contributed by atoms with Crippen LogP contribution in [0.4, 0.5) is 5.69 Å². The summed E-state index contributed by atoms with van der Waals surface area (Å²) in [5, 5.41) is 10.8. The van der Waals surface area contributed by atoms with Crippen molar-refractivity contribution in [3.63, 3.8) is 0 Å². The zero-order valence-corrected chi connectivity index (χ0v) is 9.78. The van der Waals surface area contributed by atoms with Gasteiger partial charge in [-0.25, -0.2) is 0 Å². The van der Waals surface area contributed by atoms with Crippen LogP contribution < -0.4 is 9.47 Å². The van der Waals surface area contributed by atoms with Crippen LogP contribution in [0.5, 0.6) is 11.5 Å². The zero-order valence-electron chi connectivity index (χ0n) is 9.03. The van der Waals surface area contributed by atoms with E-state index < -0.39 is 4.92 Å². The van der Waals surface area contributed by atoms with Crippen LogP contribution in [-0.2, 0) is 0 Å². The molecule has 1 aromatic carbocycles. The summed E-state index contributed by atoms with van der Waals surface area (Å²) in [5.41, 5.74) is -0.114. The van der Waals surface area contributed by atoms with Crippen molar-refractivity contribution in [1.29, 1.82) is 0 Å². The molecule has 1 aromatic rings. The van der Waals surface area contributed by atoms with Crippen molar-refractivity contribution in [3.8, 4) is 11.5 Å². The molecule has 16 heavy (non-hydrogen) atoms. The molecule has 0 N–H and O–H groups in total. The molecule has 0 heterocycles. The molecular formula is C10H12ClNO4. The second kappa shape index (κ2) is 5.55. The van der Waals surface area contributed by atoms with Crippen LogP contribution in [0.1, 0.15) is 13.3 Å². The molecule has 0 aliphatic heterocycles. The zero-order chi connectivity index (χ0) is 12.1. The molecule has 0 aliphatic carbocycles. The molecule has 0 fully saturated rings. The van der Waals surface area contributed by atoms with Gasteiger partial charge in [0.2, 0.25) is 0 Å². The molecule has 0 aromatic heterocycles. The lowest BCUT2D eigenvalue weighted by atomic mass is 10.3. The lowest BCUT2D eigenvalue weighted by molar-refractivity contribution is -0.384. The Morgan fingerprint density at radius 3 is 2.69 bits per heavy atom. The first kappa shape index (κ1) is 12.6. The van der Waals surface area contributed by atoms with E-state index in [4.69, 9.17) is 21.1 Å². The van der Waals surface area contributed by atoms with Gasteiger partial charge in [0.05, 0.1) is 29.7 Å². The summed E-state index contributed by atoms with van der Waals surface area (Å²) in [6, 6.07) is 2.54. The third kappa shape index (κ3) is 2.76. The van der Waals surface area contributed by atoms with E-state index in [9.17, 15) is 10.1 Å². The molecule has 0 atom stereocenters. The number of nitro benzene ring substituents is 1. The lowest BCUT2D eigenvalue weighted by Crippen LogP contribution is -1.99. The molecular weight excluding hydrogens is 234 g/mol. The number of benzene rings is 1. The van der Waals surface area contributed by atoms with Gasteiger partial charge in [0, 0.05) is 6.07 Å². The number of non-ortho nitro benzene ring substituents is 1. The minimum absolute atomic E-state index is 0.114. The highest BCUT2D eigenvalue weighted by Crippen LogP contribution is 2.38. The Bertz CT molecular complexity index is 395. The van der Waals surface area contributed by atoms with E-state index >= 15 is 0 Å². The van der Waals surface area contributed by atoms with Gasteiger partial charge in [-0.05, 0) is 6.42 Å². The summed E-state index contributed by atoms with van der Waals surface area (Å²) in [4.78, 5) is 10.1. The minimum Gasteiger partial charge on any atom is -0.491 e. The molecule has 88 valence electrons. The number of halogens is 1. The molecule has 0 aliphatic rings. The van der Waals surface area contributed by atoms with Crippen LogP contribution in [0.25, 0.3) is 0 Å². The molecule has 1 rings (SSSR count). The van der Waals surface area contributed by atoms with Gasteiger partial charge in [0.15, 0.2) is 11.5 Å². The monoisotopic (exact) mass is 245 g/mol. The van der Waals surface area contributed by atoms with Crippen LogP contribution in [0.15, 0.2) is 12.1 Å². The maximum absolute atomic E-state index is 10.6. The first-order chi connectivity index (χ1) is 7.60. The average Bonchev–Trinajstić information content (AvgIpc) is 2.25. The van der Waals surface area contributed by atoms with Gasteiger partial charge in [-0.2, -0.15) is 0 Å². The number of hydrogen-bond acceptors (Lipinski definition) is 4. The fourth-order valence-electron chi connectivity index (χ4n) is 1.18. The largest absolute Gasteiger partial charge is 0.491 e. The predicted octanol–water partition coefficient (Wildman–Crippen LogP) is 3.05.